The van der Waals surface area contributed by atoms with Gasteiger partial charge in [-0.1, -0.05) is 31.2 Å². The lowest BCUT2D eigenvalue weighted by molar-refractivity contribution is -0.115. The molecule has 30 heavy (non-hydrogen) atoms. The highest BCUT2D eigenvalue weighted by Gasteiger charge is 2.25. The summed E-state index contributed by atoms with van der Waals surface area (Å²) in [7, 11) is 0. The van der Waals surface area contributed by atoms with Crippen LogP contribution in [-0.4, -0.2) is 17.6 Å². The van der Waals surface area contributed by atoms with Crippen molar-refractivity contribution in [3.63, 3.8) is 0 Å². The van der Waals surface area contributed by atoms with E-state index in [0.29, 0.717) is 5.92 Å². The Labute approximate surface area is 176 Å². The van der Waals surface area contributed by atoms with Crippen LogP contribution in [0, 0.1) is 5.92 Å². The quantitative estimate of drug-likeness (QED) is 0.701. The summed E-state index contributed by atoms with van der Waals surface area (Å²) >= 11 is 0. The third kappa shape index (κ3) is 5.77. The molecule has 0 heterocycles. The molecule has 0 saturated heterocycles. The second-order valence-corrected chi connectivity index (χ2v) is 7.79. The molecule has 154 valence electrons. The zero-order chi connectivity index (χ0) is 21.7. The number of hydrogen-bond donors (Lipinski definition) is 2. The number of carbonyl (C=O) groups excluding carboxylic acids is 3. The van der Waals surface area contributed by atoms with Gasteiger partial charge in [-0.05, 0) is 66.3 Å². The lowest BCUT2D eigenvalue weighted by atomic mass is 9.81. The molecule has 0 bridgehead atoms. The molecule has 5 heteroatoms. The zero-order valence-corrected chi connectivity index (χ0v) is 17.5. The molecule has 1 fully saturated rings. The summed E-state index contributed by atoms with van der Waals surface area (Å²) in [6.07, 6.45) is 5.35. The third-order valence-electron chi connectivity index (χ3n) is 4.86. The van der Waals surface area contributed by atoms with E-state index in [2.05, 4.69) is 17.6 Å². The van der Waals surface area contributed by atoms with Gasteiger partial charge in [-0.15, -0.1) is 0 Å². The minimum Gasteiger partial charge on any atom is -0.326 e. The molecule has 1 atom stereocenters. The predicted molar refractivity (Wildman–Crippen MR) is 121 cm³/mol. The number of carbonyl (C=O) groups is 3. The summed E-state index contributed by atoms with van der Waals surface area (Å²) in [4.78, 5) is 35.4. The number of Topliss-reactive ketones (excluding diaryl/α,β-unsaturated/α-hetero) is 1. The van der Waals surface area contributed by atoms with E-state index in [9.17, 15) is 14.4 Å². The first-order valence-corrected chi connectivity index (χ1v) is 10.0. The first-order chi connectivity index (χ1) is 14.3. The topological polar surface area (TPSA) is 75.3 Å². The highest BCUT2D eigenvalue weighted by Crippen LogP contribution is 2.32. The smallest absolute Gasteiger partial charge is 0.221 e. The number of benzene rings is 2. The maximum Gasteiger partial charge on any atom is 0.221 e. The van der Waals surface area contributed by atoms with Crippen molar-refractivity contribution in [2.24, 2.45) is 5.92 Å². The largest absolute Gasteiger partial charge is 0.326 e. The van der Waals surface area contributed by atoms with Crippen LogP contribution in [0.5, 0.6) is 0 Å². The maximum atomic E-state index is 13.1. The molecule has 1 aliphatic carbocycles. The lowest BCUT2D eigenvalue weighted by Crippen LogP contribution is -2.18. The Bertz CT molecular complexity index is 934. The van der Waals surface area contributed by atoms with Gasteiger partial charge in [-0.2, -0.15) is 0 Å². The normalized spacial score (nSPS) is 19.0. The molecule has 0 spiro atoms. The standard InChI is InChI=1S/C25H26N2O3/c1-16-12-21(14-19-4-8-23(9-5-19)26-17(2)28)25(30)22(13-16)15-20-6-10-24(11-7-20)27-18(3)29/h4-11,14-16H,12-13H2,1-3H3,(H,26,28)(H,27,29)/b21-14-,22-15+. The minimum absolute atomic E-state index is 0.0741. The van der Waals surface area contributed by atoms with Crippen LogP contribution in [0.25, 0.3) is 12.2 Å². The summed E-state index contributed by atoms with van der Waals surface area (Å²) in [6, 6.07) is 14.9. The first-order valence-electron chi connectivity index (χ1n) is 10.0. The van der Waals surface area contributed by atoms with E-state index < -0.39 is 0 Å². The molecule has 2 amide bonds. The summed E-state index contributed by atoms with van der Waals surface area (Å²) in [6.45, 7) is 5.09. The first kappa shape index (κ1) is 21.2. The van der Waals surface area contributed by atoms with Gasteiger partial charge in [-0.25, -0.2) is 0 Å². The number of rotatable bonds is 4. The SMILES string of the molecule is CC(=O)Nc1ccc(/C=C2/CC(C)C/C(=C\c3ccc(NC(C)=O)cc3)C2=O)cc1. The Morgan fingerprint density at radius 2 is 1.13 bits per heavy atom. The van der Waals surface area contributed by atoms with Gasteiger partial charge < -0.3 is 10.6 Å². The Morgan fingerprint density at radius 3 is 1.47 bits per heavy atom. The van der Waals surface area contributed by atoms with Crippen molar-refractivity contribution in [1.82, 2.24) is 0 Å². The third-order valence-corrected chi connectivity index (χ3v) is 4.86. The Morgan fingerprint density at radius 1 is 0.767 bits per heavy atom. The fourth-order valence-corrected chi connectivity index (χ4v) is 3.60. The number of ketones is 1. The van der Waals surface area contributed by atoms with E-state index in [1.54, 1.807) is 0 Å². The number of anilines is 2. The molecule has 5 nitrogen and oxygen atoms in total. The Balaban J connectivity index is 1.80. The minimum atomic E-state index is -0.114. The fraction of sp³-hybridized carbons (Fsp3) is 0.240. The molecule has 0 radical (unpaired) electrons. The van der Waals surface area contributed by atoms with E-state index in [-0.39, 0.29) is 17.6 Å². The van der Waals surface area contributed by atoms with Crippen molar-refractivity contribution in [3.8, 4) is 0 Å². The van der Waals surface area contributed by atoms with Gasteiger partial charge in [0.25, 0.3) is 0 Å². The second-order valence-electron chi connectivity index (χ2n) is 7.79. The number of amides is 2. The van der Waals surface area contributed by atoms with Crippen molar-refractivity contribution in [1.29, 1.82) is 0 Å². The van der Waals surface area contributed by atoms with Gasteiger partial charge in [0.2, 0.25) is 11.8 Å². The zero-order valence-electron chi connectivity index (χ0n) is 17.5. The van der Waals surface area contributed by atoms with E-state index >= 15 is 0 Å². The molecular formula is C25H26N2O3. The fourth-order valence-electron chi connectivity index (χ4n) is 3.60. The summed E-state index contributed by atoms with van der Waals surface area (Å²) in [5.74, 6) is 0.219. The molecule has 1 unspecified atom stereocenters. The van der Waals surface area contributed by atoms with Crippen molar-refractivity contribution in [3.05, 3.63) is 70.8 Å². The van der Waals surface area contributed by atoms with Crippen LogP contribution >= 0.6 is 0 Å². The average molecular weight is 402 g/mol. The van der Waals surface area contributed by atoms with Gasteiger partial charge in [0.05, 0.1) is 0 Å². The second kappa shape index (κ2) is 9.35. The molecule has 1 saturated carbocycles. The van der Waals surface area contributed by atoms with E-state index in [1.165, 1.54) is 13.8 Å². The van der Waals surface area contributed by atoms with Crippen LogP contribution in [0.4, 0.5) is 11.4 Å². The number of hydrogen-bond acceptors (Lipinski definition) is 3. The van der Waals surface area contributed by atoms with Crippen molar-refractivity contribution < 1.29 is 14.4 Å². The Kier molecular flexibility index (Phi) is 6.62. The summed E-state index contributed by atoms with van der Waals surface area (Å²) in [5, 5.41) is 5.48. The molecular weight excluding hydrogens is 376 g/mol. The van der Waals surface area contributed by atoms with Crippen molar-refractivity contribution in [2.45, 2.75) is 33.6 Å². The summed E-state index contributed by atoms with van der Waals surface area (Å²) in [5.41, 5.74) is 4.91. The van der Waals surface area contributed by atoms with Gasteiger partial charge in [0.1, 0.15) is 0 Å². The van der Waals surface area contributed by atoms with Crippen LogP contribution in [0.15, 0.2) is 59.7 Å². The highest BCUT2D eigenvalue weighted by molar-refractivity contribution is 6.14. The average Bonchev–Trinajstić information content (AvgIpc) is 2.67. The molecule has 1 aliphatic rings. The van der Waals surface area contributed by atoms with Crippen LogP contribution in [0.2, 0.25) is 0 Å². The molecule has 2 N–H and O–H groups in total. The number of nitrogens with one attached hydrogen (secondary N) is 2. The van der Waals surface area contributed by atoms with Crippen LogP contribution < -0.4 is 10.6 Å². The molecule has 2 aromatic carbocycles. The molecule has 3 rings (SSSR count). The van der Waals surface area contributed by atoms with E-state index in [1.807, 2.05) is 60.7 Å². The highest BCUT2D eigenvalue weighted by atomic mass is 16.2. The molecule has 0 aliphatic heterocycles. The lowest BCUT2D eigenvalue weighted by Gasteiger charge is -2.22. The van der Waals surface area contributed by atoms with Gasteiger partial charge in [0, 0.05) is 36.4 Å². The Hall–Kier alpha value is -3.47. The van der Waals surface area contributed by atoms with Crippen molar-refractivity contribution >= 4 is 41.1 Å². The monoisotopic (exact) mass is 402 g/mol. The van der Waals surface area contributed by atoms with Gasteiger partial charge in [-0.3, -0.25) is 14.4 Å². The van der Waals surface area contributed by atoms with Gasteiger partial charge in [0.15, 0.2) is 5.78 Å². The van der Waals surface area contributed by atoms with Crippen LogP contribution in [0.1, 0.15) is 44.7 Å². The van der Waals surface area contributed by atoms with Crippen LogP contribution in [0.3, 0.4) is 0 Å². The summed E-state index contributed by atoms with van der Waals surface area (Å²) < 4.78 is 0. The molecule has 2 aromatic rings. The van der Waals surface area contributed by atoms with Crippen LogP contribution in [-0.2, 0) is 14.4 Å². The van der Waals surface area contributed by atoms with Crippen molar-refractivity contribution in [2.75, 3.05) is 10.6 Å². The van der Waals surface area contributed by atoms with E-state index in [4.69, 9.17) is 0 Å². The predicted octanol–water partition coefficient (Wildman–Crippen LogP) is 5.07. The van der Waals surface area contributed by atoms with E-state index in [0.717, 1.165) is 46.5 Å². The number of allylic oxidation sites excluding steroid dienone is 2. The molecule has 0 aromatic heterocycles. The van der Waals surface area contributed by atoms with Gasteiger partial charge >= 0.3 is 0 Å². The maximum absolute atomic E-state index is 13.1.